The van der Waals surface area contributed by atoms with Crippen LogP contribution in [0.4, 0.5) is 13.2 Å². The van der Waals surface area contributed by atoms with Crippen molar-refractivity contribution in [2.45, 2.75) is 38.9 Å². The Hall–Kier alpha value is -1.36. The second-order valence-electron chi connectivity index (χ2n) is 4.29. The highest BCUT2D eigenvalue weighted by Crippen LogP contribution is 2.30. The van der Waals surface area contributed by atoms with Crippen LogP contribution in [0.1, 0.15) is 41.3 Å². The van der Waals surface area contributed by atoms with Crippen LogP contribution in [0.2, 0.25) is 0 Å². The number of Topliss-reactive ketones (excluding diaryl/α,β-unsaturated/α-hetero) is 1. The first kappa shape index (κ1) is 14.7. The van der Waals surface area contributed by atoms with Crippen LogP contribution in [0.25, 0.3) is 0 Å². The summed E-state index contributed by atoms with van der Waals surface area (Å²) in [6.45, 7) is 3.38. The third-order valence-corrected chi connectivity index (χ3v) is 2.76. The number of benzene rings is 1. The number of carbonyl (C=O) groups is 1. The molecule has 0 fully saturated rings. The molecule has 0 aliphatic heterocycles. The summed E-state index contributed by atoms with van der Waals surface area (Å²) in [5.41, 5.74) is 5.51. The van der Waals surface area contributed by atoms with E-state index in [0.717, 1.165) is 18.6 Å². The molecule has 0 aromatic heterocycles. The lowest BCUT2D eigenvalue weighted by molar-refractivity contribution is -0.137. The number of ketones is 1. The molecule has 1 rings (SSSR count). The minimum absolute atomic E-state index is 0.268. The van der Waals surface area contributed by atoms with E-state index in [4.69, 9.17) is 5.73 Å². The smallest absolute Gasteiger partial charge is 0.321 e. The number of halogens is 3. The van der Waals surface area contributed by atoms with E-state index in [1.54, 1.807) is 0 Å². The molecule has 1 aromatic carbocycles. The van der Waals surface area contributed by atoms with Gasteiger partial charge in [-0.2, -0.15) is 13.2 Å². The molecule has 0 heterocycles. The Kier molecular flexibility index (Phi) is 4.51. The highest BCUT2D eigenvalue weighted by Gasteiger charge is 2.31. The highest BCUT2D eigenvalue weighted by molar-refractivity contribution is 6.01. The topological polar surface area (TPSA) is 43.1 Å². The van der Waals surface area contributed by atoms with Crippen LogP contribution in [-0.4, -0.2) is 11.8 Å². The van der Waals surface area contributed by atoms with Crippen molar-refractivity contribution in [3.05, 3.63) is 34.9 Å². The maximum atomic E-state index is 12.5. The Balaban J connectivity index is 3.03. The molecule has 0 spiro atoms. The van der Waals surface area contributed by atoms with Gasteiger partial charge in [-0.05, 0) is 31.0 Å². The van der Waals surface area contributed by atoms with Gasteiger partial charge in [0.2, 0.25) is 0 Å². The van der Waals surface area contributed by atoms with Gasteiger partial charge in [0.25, 0.3) is 0 Å². The largest absolute Gasteiger partial charge is 0.416 e. The predicted molar refractivity (Wildman–Crippen MR) is 63.4 cm³/mol. The molecule has 5 heteroatoms. The van der Waals surface area contributed by atoms with E-state index in [-0.39, 0.29) is 11.3 Å². The van der Waals surface area contributed by atoms with Gasteiger partial charge in [0.05, 0.1) is 11.6 Å². The zero-order valence-electron chi connectivity index (χ0n) is 10.3. The fraction of sp³-hybridized carbons (Fsp3) is 0.462. The summed E-state index contributed by atoms with van der Waals surface area (Å²) < 4.78 is 37.4. The summed E-state index contributed by atoms with van der Waals surface area (Å²) in [5.74, 6) is -0.303. The molecular weight excluding hydrogens is 243 g/mol. The minimum Gasteiger partial charge on any atom is -0.321 e. The Morgan fingerprint density at radius 2 is 2.00 bits per heavy atom. The molecule has 0 saturated heterocycles. The number of hydrogen-bond acceptors (Lipinski definition) is 2. The summed E-state index contributed by atoms with van der Waals surface area (Å²) in [7, 11) is 0. The zero-order chi connectivity index (χ0) is 13.9. The average Bonchev–Trinajstić information content (AvgIpc) is 2.27. The summed E-state index contributed by atoms with van der Waals surface area (Å²) in [6, 6.07) is 2.45. The van der Waals surface area contributed by atoms with Gasteiger partial charge in [0.15, 0.2) is 5.78 Å². The van der Waals surface area contributed by atoms with Crippen LogP contribution in [0, 0.1) is 6.92 Å². The summed E-state index contributed by atoms with van der Waals surface area (Å²) >= 11 is 0. The molecule has 0 bridgehead atoms. The molecule has 0 amide bonds. The van der Waals surface area contributed by atoms with E-state index in [2.05, 4.69) is 0 Å². The molecule has 0 saturated carbocycles. The summed E-state index contributed by atoms with van der Waals surface area (Å²) in [5, 5.41) is 0. The average molecular weight is 259 g/mol. The van der Waals surface area contributed by atoms with Crippen LogP contribution in [0.5, 0.6) is 0 Å². The molecule has 1 unspecified atom stereocenters. The van der Waals surface area contributed by atoms with Crippen molar-refractivity contribution in [3.8, 4) is 0 Å². The standard InChI is InChI=1S/C13H16F3NO/c1-3-4-11(17)12(18)10-6-5-9(7-8(10)2)13(14,15)16/h5-7,11H,3-4,17H2,1-2H3. The number of rotatable bonds is 4. The van der Waals surface area contributed by atoms with Gasteiger partial charge in [-0.15, -0.1) is 0 Å². The first-order valence-corrected chi connectivity index (χ1v) is 5.75. The van der Waals surface area contributed by atoms with E-state index < -0.39 is 17.8 Å². The lowest BCUT2D eigenvalue weighted by atomic mass is 9.96. The van der Waals surface area contributed by atoms with Crippen molar-refractivity contribution in [1.82, 2.24) is 0 Å². The number of nitrogens with two attached hydrogens (primary N) is 1. The molecule has 1 aromatic rings. The molecule has 2 nitrogen and oxygen atoms in total. The predicted octanol–water partition coefficient (Wildman–Crippen LogP) is 3.32. The third-order valence-electron chi connectivity index (χ3n) is 2.76. The van der Waals surface area contributed by atoms with Gasteiger partial charge in [-0.25, -0.2) is 0 Å². The van der Waals surface area contributed by atoms with Crippen LogP contribution in [-0.2, 0) is 6.18 Å². The third kappa shape index (κ3) is 3.32. The SMILES string of the molecule is CCCC(N)C(=O)c1ccc(C(F)(F)F)cc1C. The lowest BCUT2D eigenvalue weighted by Gasteiger charge is -2.13. The lowest BCUT2D eigenvalue weighted by Crippen LogP contribution is -2.30. The van der Waals surface area contributed by atoms with Crippen LogP contribution < -0.4 is 5.73 Å². The highest BCUT2D eigenvalue weighted by atomic mass is 19.4. The molecule has 2 N–H and O–H groups in total. The minimum atomic E-state index is -4.39. The number of aryl methyl sites for hydroxylation is 1. The van der Waals surface area contributed by atoms with Gasteiger partial charge in [-0.1, -0.05) is 19.4 Å². The van der Waals surface area contributed by atoms with Gasteiger partial charge >= 0.3 is 6.18 Å². The van der Waals surface area contributed by atoms with Crippen molar-refractivity contribution in [2.75, 3.05) is 0 Å². The number of alkyl halides is 3. The van der Waals surface area contributed by atoms with E-state index in [9.17, 15) is 18.0 Å². The Morgan fingerprint density at radius 1 is 1.39 bits per heavy atom. The molecule has 0 aliphatic carbocycles. The molecular formula is C13H16F3NO. The fourth-order valence-electron chi connectivity index (χ4n) is 1.76. The Morgan fingerprint density at radius 3 is 2.44 bits per heavy atom. The van der Waals surface area contributed by atoms with Gasteiger partial charge in [0, 0.05) is 5.56 Å². The van der Waals surface area contributed by atoms with Crippen molar-refractivity contribution in [2.24, 2.45) is 5.73 Å². The Bertz CT molecular complexity index is 440. The first-order valence-electron chi connectivity index (χ1n) is 5.75. The summed E-state index contributed by atoms with van der Waals surface area (Å²) in [6.07, 6.45) is -3.11. The maximum Gasteiger partial charge on any atom is 0.416 e. The fourth-order valence-corrected chi connectivity index (χ4v) is 1.76. The molecule has 0 aliphatic rings. The summed E-state index contributed by atoms with van der Waals surface area (Å²) in [4.78, 5) is 11.9. The quantitative estimate of drug-likeness (QED) is 0.843. The molecule has 1 atom stereocenters. The van der Waals surface area contributed by atoms with E-state index >= 15 is 0 Å². The molecule has 100 valence electrons. The number of hydrogen-bond donors (Lipinski definition) is 1. The van der Waals surface area contributed by atoms with Gasteiger partial charge < -0.3 is 5.73 Å². The van der Waals surface area contributed by atoms with Gasteiger partial charge in [-0.3, -0.25) is 4.79 Å². The normalized spacial score (nSPS) is 13.4. The first-order chi connectivity index (χ1) is 8.27. The van der Waals surface area contributed by atoms with Crippen molar-refractivity contribution in [3.63, 3.8) is 0 Å². The van der Waals surface area contributed by atoms with Crippen LogP contribution >= 0.6 is 0 Å². The van der Waals surface area contributed by atoms with Crippen LogP contribution in [0.15, 0.2) is 18.2 Å². The molecule has 0 radical (unpaired) electrons. The number of carbonyl (C=O) groups excluding carboxylic acids is 1. The second kappa shape index (κ2) is 5.52. The van der Waals surface area contributed by atoms with E-state index in [1.807, 2.05) is 6.92 Å². The Labute approximate surface area is 104 Å². The van der Waals surface area contributed by atoms with E-state index in [1.165, 1.54) is 13.0 Å². The van der Waals surface area contributed by atoms with E-state index in [0.29, 0.717) is 12.0 Å². The van der Waals surface area contributed by atoms with Crippen molar-refractivity contribution in [1.29, 1.82) is 0 Å². The monoisotopic (exact) mass is 259 g/mol. The second-order valence-corrected chi connectivity index (χ2v) is 4.29. The van der Waals surface area contributed by atoms with Crippen molar-refractivity contribution >= 4 is 5.78 Å². The zero-order valence-corrected chi connectivity index (χ0v) is 10.3. The maximum absolute atomic E-state index is 12.5. The van der Waals surface area contributed by atoms with Gasteiger partial charge in [0.1, 0.15) is 0 Å². The molecule has 18 heavy (non-hydrogen) atoms. The van der Waals surface area contributed by atoms with Crippen LogP contribution in [0.3, 0.4) is 0 Å². The van der Waals surface area contributed by atoms with Crippen molar-refractivity contribution < 1.29 is 18.0 Å².